The van der Waals surface area contributed by atoms with Crippen molar-refractivity contribution in [3.8, 4) is 0 Å². The maximum absolute atomic E-state index is 11.1. The van der Waals surface area contributed by atoms with E-state index in [0.29, 0.717) is 10.6 Å². The summed E-state index contributed by atoms with van der Waals surface area (Å²) in [5.41, 5.74) is 1.66. The Kier molecular flexibility index (Phi) is 2.78. The molecule has 1 aliphatic heterocycles. The lowest BCUT2D eigenvalue weighted by Gasteiger charge is -2.19. The van der Waals surface area contributed by atoms with Gasteiger partial charge in [0.1, 0.15) is 0 Å². The average molecular weight is 222 g/mol. The van der Waals surface area contributed by atoms with Crippen LogP contribution in [0.25, 0.3) is 0 Å². The van der Waals surface area contributed by atoms with E-state index in [1.807, 2.05) is 12.1 Å². The molecule has 78 valence electrons. The monoisotopic (exact) mass is 221 g/mol. The summed E-state index contributed by atoms with van der Waals surface area (Å²) < 4.78 is 0. The van der Waals surface area contributed by atoms with Crippen LogP contribution < -0.4 is 4.90 Å². The molecule has 0 amide bonds. The molecule has 1 aliphatic rings. The van der Waals surface area contributed by atoms with Gasteiger partial charge in [0.05, 0.1) is 10.7 Å². The lowest BCUT2D eigenvalue weighted by Crippen LogP contribution is -2.18. The molecule has 0 saturated carbocycles. The Morgan fingerprint density at radius 2 is 2.00 bits per heavy atom. The van der Waals surface area contributed by atoms with Gasteiger partial charge in [0.2, 0.25) is 0 Å². The van der Waals surface area contributed by atoms with E-state index in [1.165, 1.54) is 0 Å². The molecule has 1 aromatic carbocycles. The SMILES string of the molecule is CC(=O)c1ccc(N2CC=CC2)c(Cl)c1. The van der Waals surface area contributed by atoms with Crippen LogP contribution in [0.2, 0.25) is 5.02 Å². The summed E-state index contributed by atoms with van der Waals surface area (Å²) in [6.45, 7) is 3.32. The fourth-order valence-corrected chi connectivity index (χ4v) is 1.96. The first kappa shape index (κ1) is 10.2. The van der Waals surface area contributed by atoms with E-state index < -0.39 is 0 Å². The molecule has 0 saturated heterocycles. The summed E-state index contributed by atoms with van der Waals surface area (Å²) in [4.78, 5) is 13.3. The molecule has 0 unspecified atom stereocenters. The fourth-order valence-electron chi connectivity index (χ4n) is 1.66. The Morgan fingerprint density at radius 1 is 1.33 bits per heavy atom. The number of carbonyl (C=O) groups excluding carboxylic acids is 1. The number of hydrogen-bond donors (Lipinski definition) is 0. The summed E-state index contributed by atoms with van der Waals surface area (Å²) in [6.07, 6.45) is 4.21. The molecule has 0 fully saturated rings. The standard InChI is InChI=1S/C12H12ClNO/c1-9(15)10-4-5-12(11(13)8-10)14-6-2-3-7-14/h2-5,8H,6-7H2,1H3. The molecule has 1 heterocycles. The van der Waals surface area contributed by atoms with E-state index in [9.17, 15) is 4.79 Å². The molecule has 0 spiro atoms. The number of benzene rings is 1. The van der Waals surface area contributed by atoms with E-state index in [-0.39, 0.29) is 5.78 Å². The van der Waals surface area contributed by atoms with Crippen LogP contribution in [0, 0.1) is 0 Å². The van der Waals surface area contributed by atoms with Crippen molar-refractivity contribution in [2.45, 2.75) is 6.92 Å². The topological polar surface area (TPSA) is 20.3 Å². The molecule has 0 radical (unpaired) electrons. The molecule has 2 nitrogen and oxygen atoms in total. The first-order chi connectivity index (χ1) is 7.18. The highest BCUT2D eigenvalue weighted by Gasteiger charge is 2.12. The van der Waals surface area contributed by atoms with Gasteiger partial charge >= 0.3 is 0 Å². The van der Waals surface area contributed by atoms with Crippen molar-refractivity contribution in [1.82, 2.24) is 0 Å². The summed E-state index contributed by atoms with van der Waals surface area (Å²) in [5.74, 6) is 0.0444. The van der Waals surface area contributed by atoms with Gasteiger partial charge < -0.3 is 4.90 Å². The first-order valence-electron chi connectivity index (χ1n) is 4.89. The van der Waals surface area contributed by atoms with E-state index in [4.69, 9.17) is 11.6 Å². The van der Waals surface area contributed by atoms with Crippen LogP contribution >= 0.6 is 11.6 Å². The normalized spacial score (nSPS) is 14.7. The zero-order valence-corrected chi connectivity index (χ0v) is 9.29. The Balaban J connectivity index is 2.30. The third-order valence-corrected chi connectivity index (χ3v) is 2.82. The second kappa shape index (κ2) is 4.07. The van der Waals surface area contributed by atoms with Crippen molar-refractivity contribution in [3.05, 3.63) is 40.9 Å². The maximum Gasteiger partial charge on any atom is 0.159 e. The lowest BCUT2D eigenvalue weighted by atomic mass is 10.1. The van der Waals surface area contributed by atoms with E-state index >= 15 is 0 Å². The predicted molar refractivity (Wildman–Crippen MR) is 62.8 cm³/mol. The van der Waals surface area contributed by atoms with Gasteiger partial charge in [-0.2, -0.15) is 0 Å². The summed E-state index contributed by atoms with van der Waals surface area (Å²) in [5, 5.41) is 0.645. The lowest BCUT2D eigenvalue weighted by molar-refractivity contribution is 0.101. The molecule has 0 N–H and O–H groups in total. The van der Waals surface area contributed by atoms with Crippen LogP contribution in [0.1, 0.15) is 17.3 Å². The van der Waals surface area contributed by atoms with Gasteiger partial charge in [-0.1, -0.05) is 23.8 Å². The minimum Gasteiger partial charge on any atom is -0.363 e. The number of nitrogens with zero attached hydrogens (tertiary/aromatic N) is 1. The van der Waals surface area contributed by atoms with E-state index in [2.05, 4.69) is 17.1 Å². The largest absolute Gasteiger partial charge is 0.363 e. The number of ketones is 1. The van der Waals surface area contributed by atoms with Gasteiger partial charge in [-0.15, -0.1) is 0 Å². The van der Waals surface area contributed by atoms with E-state index in [0.717, 1.165) is 18.8 Å². The zero-order valence-electron chi connectivity index (χ0n) is 8.53. The van der Waals surface area contributed by atoms with Crippen LogP contribution in [0.5, 0.6) is 0 Å². The van der Waals surface area contributed by atoms with Gasteiger partial charge in [-0.3, -0.25) is 4.79 Å². The molecule has 0 atom stereocenters. The smallest absolute Gasteiger partial charge is 0.159 e. The van der Waals surface area contributed by atoms with Crippen LogP contribution in [0.3, 0.4) is 0 Å². The number of rotatable bonds is 2. The molecular formula is C12H12ClNO. The van der Waals surface area contributed by atoms with Crippen molar-refractivity contribution < 1.29 is 4.79 Å². The number of halogens is 1. The molecule has 15 heavy (non-hydrogen) atoms. The first-order valence-corrected chi connectivity index (χ1v) is 5.26. The number of Topliss-reactive ketones (excluding diaryl/α,β-unsaturated/α-hetero) is 1. The van der Waals surface area contributed by atoms with Crippen molar-refractivity contribution >= 4 is 23.1 Å². The second-order valence-electron chi connectivity index (χ2n) is 3.60. The molecular weight excluding hydrogens is 210 g/mol. The number of hydrogen-bond acceptors (Lipinski definition) is 2. The Hall–Kier alpha value is -1.28. The second-order valence-corrected chi connectivity index (χ2v) is 4.01. The highest BCUT2D eigenvalue weighted by atomic mass is 35.5. The quantitative estimate of drug-likeness (QED) is 0.565. The van der Waals surface area contributed by atoms with E-state index in [1.54, 1.807) is 13.0 Å². The van der Waals surface area contributed by atoms with Crippen molar-refractivity contribution in [1.29, 1.82) is 0 Å². The van der Waals surface area contributed by atoms with Crippen LogP contribution in [0.4, 0.5) is 5.69 Å². The Bertz CT molecular complexity index is 418. The number of carbonyl (C=O) groups is 1. The molecule has 1 aromatic rings. The molecule has 3 heteroatoms. The Morgan fingerprint density at radius 3 is 2.53 bits per heavy atom. The van der Waals surface area contributed by atoms with Gasteiger partial charge in [0.25, 0.3) is 0 Å². The summed E-state index contributed by atoms with van der Waals surface area (Å²) >= 11 is 6.13. The van der Waals surface area contributed by atoms with Gasteiger partial charge in [-0.05, 0) is 25.1 Å². The maximum atomic E-state index is 11.1. The average Bonchev–Trinajstić information content (AvgIpc) is 2.70. The minimum atomic E-state index is 0.0444. The zero-order chi connectivity index (χ0) is 10.8. The minimum absolute atomic E-state index is 0.0444. The van der Waals surface area contributed by atoms with Crippen molar-refractivity contribution in [2.75, 3.05) is 18.0 Å². The van der Waals surface area contributed by atoms with Crippen LogP contribution in [-0.4, -0.2) is 18.9 Å². The van der Waals surface area contributed by atoms with Crippen LogP contribution in [0.15, 0.2) is 30.4 Å². The molecule has 0 aromatic heterocycles. The van der Waals surface area contributed by atoms with Gasteiger partial charge in [-0.25, -0.2) is 0 Å². The highest BCUT2D eigenvalue weighted by Crippen LogP contribution is 2.28. The van der Waals surface area contributed by atoms with Crippen LogP contribution in [-0.2, 0) is 0 Å². The third kappa shape index (κ3) is 2.05. The Labute approximate surface area is 94.2 Å². The van der Waals surface area contributed by atoms with Crippen molar-refractivity contribution in [3.63, 3.8) is 0 Å². The van der Waals surface area contributed by atoms with Crippen molar-refractivity contribution in [2.24, 2.45) is 0 Å². The molecule has 2 rings (SSSR count). The van der Waals surface area contributed by atoms with Gasteiger partial charge in [0.15, 0.2) is 5.78 Å². The third-order valence-electron chi connectivity index (χ3n) is 2.51. The molecule has 0 aliphatic carbocycles. The molecule has 0 bridgehead atoms. The number of anilines is 1. The fraction of sp³-hybridized carbons (Fsp3) is 0.250. The summed E-state index contributed by atoms with van der Waals surface area (Å²) in [7, 11) is 0. The highest BCUT2D eigenvalue weighted by molar-refractivity contribution is 6.33. The predicted octanol–water partition coefficient (Wildman–Crippen LogP) is 2.92. The van der Waals surface area contributed by atoms with Gasteiger partial charge in [0, 0.05) is 18.7 Å². The summed E-state index contributed by atoms with van der Waals surface area (Å²) in [6, 6.07) is 5.46.